The first-order valence-corrected chi connectivity index (χ1v) is 11.6. The van der Waals surface area contributed by atoms with Crippen molar-refractivity contribution >= 4 is 23.4 Å². The predicted molar refractivity (Wildman–Crippen MR) is 125 cm³/mol. The van der Waals surface area contributed by atoms with Crippen LogP contribution < -0.4 is 14.8 Å². The third-order valence-electron chi connectivity index (χ3n) is 5.18. The molecule has 2 aromatic rings. The zero-order chi connectivity index (χ0) is 22.1. The summed E-state index contributed by atoms with van der Waals surface area (Å²) in [6.07, 6.45) is 0.949. The van der Waals surface area contributed by atoms with Crippen LogP contribution in [0, 0.1) is 18.3 Å². The van der Waals surface area contributed by atoms with Crippen molar-refractivity contribution in [2.45, 2.75) is 26.3 Å². The number of carbonyl (C=O) groups is 1. The van der Waals surface area contributed by atoms with Gasteiger partial charge >= 0.3 is 0 Å². The summed E-state index contributed by atoms with van der Waals surface area (Å²) in [5.41, 5.74) is 3.68. The highest BCUT2D eigenvalue weighted by atomic mass is 32.2. The fourth-order valence-electron chi connectivity index (χ4n) is 3.40. The minimum absolute atomic E-state index is 0.0231. The van der Waals surface area contributed by atoms with E-state index in [2.05, 4.69) is 34.5 Å². The van der Waals surface area contributed by atoms with Crippen LogP contribution in [0.4, 0.5) is 5.69 Å². The molecule has 1 N–H and O–H groups in total. The molecule has 0 bridgehead atoms. The van der Waals surface area contributed by atoms with Crippen LogP contribution in [0.3, 0.4) is 0 Å². The molecule has 7 heteroatoms. The number of amides is 1. The van der Waals surface area contributed by atoms with E-state index in [0.29, 0.717) is 36.5 Å². The molecule has 0 atom stereocenters. The largest absolute Gasteiger partial charge is 0.493 e. The molecule has 0 saturated carbocycles. The molecule has 1 heterocycles. The van der Waals surface area contributed by atoms with E-state index in [4.69, 9.17) is 14.7 Å². The van der Waals surface area contributed by atoms with Crippen LogP contribution in [0.15, 0.2) is 36.4 Å². The number of nitrogens with one attached hydrogen (secondary N) is 1. The average Bonchev–Trinajstić information content (AvgIpc) is 2.79. The quantitative estimate of drug-likeness (QED) is 0.590. The molecule has 31 heavy (non-hydrogen) atoms. The minimum Gasteiger partial charge on any atom is -0.493 e. The van der Waals surface area contributed by atoms with Gasteiger partial charge in [0, 0.05) is 49.3 Å². The second-order valence-corrected chi connectivity index (χ2v) is 8.74. The molecule has 1 amide bonds. The molecular weight excluding hydrogens is 410 g/mol. The lowest BCUT2D eigenvalue weighted by molar-refractivity contribution is -0.116. The Kier molecular flexibility index (Phi) is 8.63. The maximum atomic E-state index is 12.4. The van der Waals surface area contributed by atoms with E-state index in [1.807, 2.05) is 18.7 Å². The van der Waals surface area contributed by atoms with Crippen molar-refractivity contribution in [1.29, 1.82) is 5.26 Å². The van der Waals surface area contributed by atoms with E-state index in [0.717, 1.165) is 30.9 Å². The number of nitrogens with zero attached hydrogens (tertiary/aromatic N) is 2. The summed E-state index contributed by atoms with van der Waals surface area (Å²) in [5, 5.41) is 12.0. The standard InChI is InChI=1S/C24H29N3O3S/c1-18-5-6-20(17-27-9-12-31-13-10-27)14-21(18)26-24(28)4-3-11-30-22-8-7-19(16-25)15-23(22)29-2/h5-8,14-15H,3-4,9-13,17H2,1-2H3,(H,26,28). The number of carbonyl (C=O) groups excluding carboxylic acids is 1. The number of anilines is 1. The molecule has 0 aromatic heterocycles. The highest BCUT2D eigenvalue weighted by Crippen LogP contribution is 2.28. The van der Waals surface area contributed by atoms with Crippen LogP contribution in [0.1, 0.15) is 29.5 Å². The number of nitriles is 1. The van der Waals surface area contributed by atoms with E-state index >= 15 is 0 Å². The van der Waals surface area contributed by atoms with E-state index in [1.54, 1.807) is 18.2 Å². The Morgan fingerprint density at radius 1 is 1.19 bits per heavy atom. The van der Waals surface area contributed by atoms with Gasteiger partial charge in [0.2, 0.25) is 5.91 Å². The fraction of sp³-hybridized carbons (Fsp3) is 0.417. The van der Waals surface area contributed by atoms with E-state index < -0.39 is 0 Å². The van der Waals surface area contributed by atoms with Crippen LogP contribution in [0.2, 0.25) is 0 Å². The fourth-order valence-corrected chi connectivity index (χ4v) is 4.38. The monoisotopic (exact) mass is 439 g/mol. The molecule has 164 valence electrons. The number of ether oxygens (including phenoxy) is 2. The van der Waals surface area contributed by atoms with E-state index in [-0.39, 0.29) is 5.91 Å². The van der Waals surface area contributed by atoms with Gasteiger partial charge in [0.15, 0.2) is 11.5 Å². The molecule has 1 aliphatic heterocycles. The minimum atomic E-state index is -0.0231. The number of rotatable bonds is 9. The third-order valence-corrected chi connectivity index (χ3v) is 6.13. The second kappa shape index (κ2) is 11.6. The molecule has 0 aliphatic carbocycles. The Hall–Kier alpha value is -2.69. The molecule has 1 fully saturated rings. The molecule has 1 aliphatic rings. The van der Waals surface area contributed by atoms with Crippen LogP contribution >= 0.6 is 11.8 Å². The Morgan fingerprint density at radius 2 is 2.00 bits per heavy atom. The summed E-state index contributed by atoms with van der Waals surface area (Å²) < 4.78 is 11.0. The summed E-state index contributed by atoms with van der Waals surface area (Å²) in [6, 6.07) is 13.4. The number of hydrogen-bond acceptors (Lipinski definition) is 6. The lowest BCUT2D eigenvalue weighted by atomic mass is 10.1. The molecular formula is C24H29N3O3S. The number of thioether (sulfide) groups is 1. The summed E-state index contributed by atoms with van der Waals surface area (Å²) in [6.45, 7) is 5.55. The summed E-state index contributed by atoms with van der Waals surface area (Å²) in [5.74, 6) is 3.44. The molecule has 3 rings (SSSR count). The normalized spacial score (nSPS) is 14.0. The van der Waals surface area contributed by atoms with Crippen LogP contribution in [-0.4, -0.2) is 49.1 Å². The van der Waals surface area contributed by atoms with Crippen molar-refractivity contribution in [2.75, 3.05) is 43.6 Å². The maximum Gasteiger partial charge on any atom is 0.224 e. The summed E-state index contributed by atoms with van der Waals surface area (Å²) in [7, 11) is 1.54. The van der Waals surface area contributed by atoms with Gasteiger partial charge in [-0.1, -0.05) is 12.1 Å². The predicted octanol–water partition coefficient (Wildman–Crippen LogP) is 4.22. The van der Waals surface area contributed by atoms with Crippen molar-refractivity contribution in [3.63, 3.8) is 0 Å². The maximum absolute atomic E-state index is 12.4. The molecule has 6 nitrogen and oxygen atoms in total. The van der Waals surface area contributed by atoms with Crippen molar-refractivity contribution in [3.8, 4) is 17.6 Å². The smallest absolute Gasteiger partial charge is 0.224 e. The highest BCUT2D eigenvalue weighted by Gasteiger charge is 2.12. The SMILES string of the molecule is COc1cc(C#N)ccc1OCCCC(=O)Nc1cc(CN2CCSCC2)ccc1C. The van der Waals surface area contributed by atoms with Crippen molar-refractivity contribution in [1.82, 2.24) is 4.90 Å². The van der Waals surface area contributed by atoms with E-state index in [1.165, 1.54) is 24.2 Å². The lowest BCUT2D eigenvalue weighted by Gasteiger charge is -2.26. The van der Waals surface area contributed by atoms with Gasteiger partial charge in [-0.3, -0.25) is 9.69 Å². The van der Waals surface area contributed by atoms with Crippen LogP contribution in [0.25, 0.3) is 0 Å². The van der Waals surface area contributed by atoms with Gasteiger partial charge < -0.3 is 14.8 Å². The molecule has 0 spiro atoms. The van der Waals surface area contributed by atoms with E-state index in [9.17, 15) is 4.79 Å². The van der Waals surface area contributed by atoms with Gasteiger partial charge in [0.05, 0.1) is 25.3 Å². The van der Waals surface area contributed by atoms with Gasteiger partial charge in [-0.15, -0.1) is 0 Å². The first-order chi connectivity index (χ1) is 15.1. The van der Waals surface area contributed by atoms with Crippen molar-refractivity contribution < 1.29 is 14.3 Å². The van der Waals surface area contributed by atoms with Crippen molar-refractivity contribution in [2.24, 2.45) is 0 Å². The van der Waals surface area contributed by atoms with Gasteiger partial charge in [-0.05, 0) is 42.7 Å². The number of benzene rings is 2. The van der Waals surface area contributed by atoms with Gasteiger partial charge in [0.25, 0.3) is 0 Å². The Morgan fingerprint density at radius 3 is 2.74 bits per heavy atom. The van der Waals surface area contributed by atoms with Crippen LogP contribution in [0.5, 0.6) is 11.5 Å². The van der Waals surface area contributed by atoms with Gasteiger partial charge in [-0.25, -0.2) is 0 Å². The average molecular weight is 440 g/mol. The first kappa shape index (κ1) is 23.0. The third kappa shape index (κ3) is 6.91. The second-order valence-electron chi connectivity index (χ2n) is 7.52. The first-order valence-electron chi connectivity index (χ1n) is 10.5. The number of aryl methyl sites for hydroxylation is 1. The Balaban J connectivity index is 1.47. The molecule has 1 saturated heterocycles. The molecule has 0 radical (unpaired) electrons. The zero-order valence-corrected chi connectivity index (χ0v) is 19.0. The summed E-state index contributed by atoms with van der Waals surface area (Å²) >= 11 is 2.01. The zero-order valence-electron chi connectivity index (χ0n) is 18.1. The summed E-state index contributed by atoms with van der Waals surface area (Å²) in [4.78, 5) is 14.9. The number of methoxy groups -OCH3 is 1. The van der Waals surface area contributed by atoms with Gasteiger partial charge in [-0.2, -0.15) is 17.0 Å². The topological polar surface area (TPSA) is 74.6 Å². The lowest BCUT2D eigenvalue weighted by Crippen LogP contribution is -2.32. The van der Waals surface area contributed by atoms with Crippen LogP contribution in [-0.2, 0) is 11.3 Å². The number of hydrogen-bond donors (Lipinski definition) is 1. The Labute approximate surface area is 188 Å². The highest BCUT2D eigenvalue weighted by molar-refractivity contribution is 7.99. The molecule has 2 aromatic carbocycles. The van der Waals surface area contributed by atoms with Gasteiger partial charge in [0.1, 0.15) is 0 Å². The molecule has 0 unspecified atom stereocenters. The Bertz CT molecular complexity index is 936. The van der Waals surface area contributed by atoms with Crippen molar-refractivity contribution in [3.05, 3.63) is 53.1 Å².